The number of carbonyl (C=O) groups is 2. The van der Waals surface area contributed by atoms with E-state index in [2.05, 4.69) is 5.32 Å². The fraction of sp³-hybridized carbons (Fsp3) is 0.250. The third-order valence-electron chi connectivity index (χ3n) is 4.51. The number of primary amides is 1. The number of alkyl halides is 1. The Kier molecular flexibility index (Phi) is 6.62. The average Bonchev–Trinajstić information content (AvgIpc) is 3.01. The van der Waals surface area contributed by atoms with Gasteiger partial charge in [0, 0.05) is 28.2 Å². The van der Waals surface area contributed by atoms with Gasteiger partial charge in [-0.3, -0.25) is 14.4 Å². The first-order valence-electron chi connectivity index (χ1n) is 8.79. The Balaban J connectivity index is 1.89. The second kappa shape index (κ2) is 8.98. The summed E-state index contributed by atoms with van der Waals surface area (Å²) in [5, 5.41) is 3.41. The summed E-state index contributed by atoms with van der Waals surface area (Å²) in [6, 6.07) is 7.12. The van der Waals surface area contributed by atoms with Crippen molar-refractivity contribution in [1.82, 2.24) is 9.88 Å². The smallest absolute Gasteiger partial charge is 0.237 e. The zero-order valence-corrected chi connectivity index (χ0v) is 18.0. The number of nitrogens with one attached hydrogen (secondary N) is 1. The van der Waals surface area contributed by atoms with Crippen LogP contribution in [0.15, 0.2) is 35.3 Å². The van der Waals surface area contributed by atoms with Crippen LogP contribution in [-0.4, -0.2) is 16.4 Å². The Bertz CT molecular complexity index is 1140. The third-order valence-corrected chi connectivity index (χ3v) is 6.47. The van der Waals surface area contributed by atoms with Crippen LogP contribution in [-0.2, 0) is 35.0 Å². The van der Waals surface area contributed by atoms with E-state index in [-0.39, 0.29) is 30.2 Å². The molecule has 0 unspecified atom stereocenters. The maximum absolute atomic E-state index is 12.9. The van der Waals surface area contributed by atoms with E-state index in [9.17, 15) is 14.4 Å². The van der Waals surface area contributed by atoms with Crippen molar-refractivity contribution in [2.75, 3.05) is 0 Å². The van der Waals surface area contributed by atoms with E-state index in [1.807, 2.05) is 19.1 Å². The molecule has 0 radical (unpaired) electrons. The summed E-state index contributed by atoms with van der Waals surface area (Å²) in [7, 11) is 0. The molecule has 0 saturated heterocycles. The molecule has 0 aliphatic heterocycles. The Morgan fingerprint density at radius 2 is 1.93 bits per heavy atom. The van der Waals surface area contributed by atoms with Crippen LogP contribution in [0.4, 0.5) is 0 Å². The van der Waals surface area contributed by atoms with E-state index in [0.717, 1.165) is 16.0 Å². The summed E-state index contributed by atoms with van der Waals surface area (Å²) in [6.07, 6.45) is 1.43. The average molecular weight is 452 g/mol. The molecule has 0 bridgehead atoms. The highest BCUT2D eigenvalue weighted by molar-refractivity contribution is 7.19. The number of pyridine rings is 1. The second-order valence-corrected chi connectivity index (χ2v) is 8.43. The maximum Gasteiger partial charge on any atom is 0.237 e. The van der Waals surface area contributed by atoms with E-state index in [0.29, 0.717) is 27.3 Å². The van der Waals surface area contributed by atoms with E-state index in [4.69, 9.17) is 28.9 Å². The van der Waals surface area contributed by atoms with Crippen LogP contribution in [0.2, 0.25) is 5.02 Å². The Morgan fingerprint density at radius 1 is 1.24 bits per heavy atom. The van der Waals surface area contributed by atoms with Crippen LogP contribution in [0.5, 0.6) is 0 Å². The Morgan fingerprint density at radius 3 is 2.55 bits per heavy atom. The van der Waals surface area contributed by atoms with Gasteiger partial charge in [-0.15, -0.1) is 22.9 Å². The van der Waals surface area contributed by atoms with Crippen LogP contribution in [0, 0.1) is 6.92 Å². The van der Waals surface area contributed by atoms with Gasteiger partial charge in [0.05, 0.1) is 22.5 Å². The molecule has 2 aromatic heterocycles. The highest BCUT2D eigenvalue weighted by atomic mass is 35.5. The molecule has 2 amide bonds. The molecule has 2 heterocycles. The van der Waals surface area contributed by atoms with E-state index in [1.165, 1.54) is 17.5 Å². The lowest BCUT2D eigenvalue weighted by Gasteiger charge is -2.11. The number of nitrogens with two attached hydrogens (primary N) is 1. The van der Waals surface area contributed by atoms with Gasteiger partial charge in [0.1, 0.15) is 6.54 Å². The van der Waals surface area contributed by atoms with Crippen LogP contribution in [0.25, 0.3) is 10.2 Å². The minimum Gasteiger partial charge on any atom is -0.368 e. The quantitative estimate of drug-likeness (QED) is 0.540. The number of nitrogens with zero attached hydrogens (tertiary/aromatic N) is 1. The van der Waals surface area contributed by atoms with Gasteiger partial charge in [0.25, 0.3) is 0 Å². The first kappa shape index (κ1) is 21.4. The fourth-order valence-electron chi connectivity index (χ4n) is 3.09. The minimum absolute atomic E-state index is 0.0878. The van der Waals surface area contributed by atoms with Crippen LogP contribution < -0.4 is 16.5 Å². The first-order valence-corrected chi connectivity index (χ1v) is 10.5. The van der Waals surface area contributed by atoms with Gasteiger partial charge < -0.3 is 15.6 Å². The number of thiophene rings is 1. The molecular formula is C20H19Cl2N3O3S. The van der Waals surface area contributed by atoms with Crippen molar-refractivity contribution < 1.29 is 9.59 Å². The minimum atomic E-state index is -0.536. The molecule has 6 nitrogen and oxygen atoms in total. The van der Waals surface area contributed by atoms with Gasteiger partial charge in [-0.05, 0) is 30.2 Å². The molecule has 0 saturated carbocycles. The number of aryl methyl sites for hydroxylation is 1. The van der Waals surface area contributed by atoms with Gasteiger partial charge in [-0.1, -0.05) is 23.7 Å². The van der Waals surface area contributed by atoms with Gasteiger partial charge in [-0.2, -0.15) is 0 Å². The first-order chi connectivity index (χ1) is 13.8. The number of halogens is 2. The van der Waals surface area contributed by atoms with Crippen molar-refractivity contribution in [3.05, 3.63) is 67.3 Å². The second-order valence-electron chi connectivity index (χ2n) is 6.62. The molecule has 3 N–H and O–H groups in total. The zero-order valence-electron chi connectivity index (χ0n) is 15.6. The maximum atomic E-state index is 12.9. The molecule has 3 aromatic rings. The van der Waals surface area contributed by atoms with Crippen LogP contribution >= 0.6 is 34.5 Å². The number of carbonyl (C=O) groups excluding carboxylic acids is 2. The van der Waals surface area contributed by atoms with Gasteiger partial charge in [0.2, 0.25) is 17.2 Å². The molecule has 0 fully saturated rings. The van der Waals surface area contributed by atoms with Crippen molar-refractivity contribution >= 4 is 56.6 Å². The van der Waals surface area contributed by atoms with Gasteiger partial charge in [-0.25, -0.2) is 0 Å². The SMILES string of the molecule is Cc1c(CCl)sc2c(=O)c(CC(=O)NCc3ccc(Cl)cc3)cn(CC(N)=O)c12. The largest absolute Gasteiger partial charge is 0.368 e. The van der Waals surface area contributed by atoms with Gasteiger partial charge >= 0.3 is 0 Å². The molecule has 9 heteroatoms. The highest BCUT2D eigenvalue weighted by Gasteiger charge is 2.19. The van der Waals surface area contributed by atoms with Gasteiger partial charge in [0.15, 0.2) is 0 Å². The number of aromatic nitrogens is 1. The fourth-order valence-corrected chi connectivity index (χ4v) is 4.72. The number of benzene rings is 1. The van der Waals surface area contributed by atoms with Crippen molar-refractivity contribution in [1.29, 1.82) is 0 Å². The standard InChI is InChI=1S/C20H19Cl2N3O3S/c1-11-15(7-21)29-20-18(11)25(10-16(23)26)9-13(19(20)28)6-17(27)24-8-12-2-4-14(22)5-3-12/h2-5,9H,6-8,10H2,1H3,(H2,23,26)(H,24,27). The summed E-state index contributed by atoms with van der Waals surface area (Å²) in [5.74, 6) is -0.572. The predicted octanol–water partition coefficient (Wildman–Crippen LogP) is 3.11. The number of amides is 2. The number of hydrogen-bond donors (Lipinski definition) is 2. The molecule has 0 spiro atoms. The topological polar surface area (TPSA) is 94.2 Å². The monoisotopic (exact) mass is 451 g/mol. The zero-order chi connectivity index (χ0) is 21.1. The third kappa shape index (κ3) is 4.80. The molecule has 3 rings (SSSR count). The Hall–Kier alpha value is -2.35. The molecule has 0 aliphatic rings. The van der Waals surface area contributed by atoms with Crippen LogP contribution in [0.3, 0.4) is 0 Å². The van der Waals surface area contributed by atoms with Crippen molar-refractivity contribution in [2.45, 2.75) is 32.3 Å². The molecule has 152 valence electrons. The van der Waals surface area contributed by atoms with Crippen molar-refractivity contribution in [3.63, 3.8) is 0 Å². The summed E-state index contributed by atoms with van der Waals surface area (Å²) >= 11 is 13.1. The van der Waals surface area contributed by atoms with Crippen molar-refractivity contribution in [3.8, 4) is 0 Å². The predicted molar refractivity (Wildman–Crippen MR) is 117 cm³/mol. The summed E-state index contributed by atoms with van der Waals surface area (Å²) in [4.78, 5) is 37.7. The van der Waals surface area contributed by atoms with E-state index in [1.54, 1.807) is 16.7 Å². The molecular weight excluding hydrogens is 433 g/mol. The molecule has 1 aromatic carbocycles. The number of hydrogen-bond acceptors (Lipinski definition) is 4. The lowest BCUT2D eigenvalue weighted by atomic mass is 10.1. The molecule has 0 atom stereocenters. The van der Waals surface area contributed by atoms with E-state index >= 15 is 0 Å². The Labute approximate surface area is 181 Å². The van der Waals surface area contributed by atoms with Crippen LogP contribution in [0.1, 0.15) is 21.6 Å². The van der Waals surface area contributed by atoms with Crippen molar-refractivity contribution in [2.24, 2.45) is 5.73 Å². The lowest BCUT2D eigenvalue weighted by Crippen LogP contribution is -2.28. The number of rotatable bonds is 7. The van der Waals surface area contributed by atoms with E-state index < -0.39 is 5.91 Å². The molecule has 29 heavy (non-hydrogen) atoms. The number of fused-ring (bicyclic) bond motifs is 1. The summed E-state index contributed by atoms with van der Waals surface area (Å²) < 4.78 is 2.10. The summed E-state index contributed by atoms with van der Waals surface area (Å²) in [5.41, 5.74) is 7.82. The molecule has 0 aliphatic carbocycles. The summed E-state index contributed by atoms with van der Waals surface area (Å²) in [6.45, 7) is 2.09. The normalized spacial score (nSPS) is 11.0. The highest BCUT2D eigenvalue weighted by Crippen LogP contribution is 2.30. The lowest BCUT2D eigenvalue weighted by molar-refractivity contribution is -0.120.